The van der Waals surface area contributed by atoms with E-state index in [1.54, 1.807) is 34.9 Å². The molecule has 6 rings (SSSR count). The number of carbonyl (C=O) groups excluding carboxylic acids is 1. The van der Waals surface area contributed by atoms with Crippen molar-refractivity contribution in [3.63, 3.8) is 0 Å². The lowest BCUT2D eigenvalue weighted by molar-refractivity contribution is -0.121. The van der Waals surface area contributed by atoms with Gasteiger partial charge in [-0.1, -0.05) is 30.9 Å². The maximum absolute atomic E-state index is 15.2. The summed E-state index contributed by atoms with van der Waals surface area (Å²) in [5.41, 5.74) is 1.44. The van der Waals surface area contributed by atoms with Gasteiger partial charge in [-0.25, -0.2) is 18.2 Å². The molecule has 0 spiro atoms. The van der Waals surface area contributed by atoms with Crippen LogP contribution >= 0.6 is 11.6 Å². The highest BCUT2D eigenvalue weighted by Crippen LogP contribution is 2.39. The number of carbonyl (C=O) groups is 1. The van der Waals surface area contributed by atoms with Gasteiger partial charge in [-0.05, 0) is 66.4 Å². The molecule has 1 saturated carbocycles. The molecule has 12 heteroatoms. The van der Waals surface area contributed by atoms with Crippen LogP contribution in [0.2, 0.25) is 5.02 Å². The van der Waals surface area contributed by atoms with Crippen LogP contribution in [-0.2, 0) is 4.79 Å². The zero-order valence-corrected chi connectivity index (χ0v) is 21.8. The molecule has 2 heterocycles. The van der Waals surface area contributed by atoms with Crippen LogP contribution in [0.15, 0.2) is 54.6 Å². The molecule has 0 unspecified atom stereocenters. The molecule has 0 saturated heterocycles. The molecule has 0 radical (unpaired) electrons. The van der Waals surface area contributed by atoms with Crippen LogP contribution in [0.25, 0.3) is 33.8 Å². The van der Waals surface area contributed by atoms with Crippen LogP contribution in [0.4, 0.5) is 18.9 Å². The Balaban J connectivity index is 1.47. The first-order valence-corrected chi connectivity index (χ1v) is 13.2. The fourth-order valence-electron chi connectivity index (χ4n) is 5.41. The number of amides is 1. The van der Waals surface area contributed by atoms with E-state index >= 15 is 4.39 Å². The van der Waals surface area contributed by atoms with Gasteiger partial charge in [0.25, 0.3) is 0 Å². The summed E-state index contributed by atoms with van der Waals surface area (Å²) in [6.45, 7) is 0. The van der Waals surface area contributed by atoms with Crippen LogP contribution in [0.3, 0.4) is 0 Å². The Hall–Kier alpha value is -4.25. The van der Waals surface area contributed by atoms with Gasteiger partial charge < -0.3 is 9.88 Å². The van der Waals surface area contributed by atoms with Crippen molar-refractivity contribution in [3.8, 4) is 22.8 Å². The number of hydrogen-bond donors (Lipinski definition) is 2. The Kier molecular flexibility index (Phi) is 6.97. The Morgan fingerprint density at radius 3 is 2.38 bits per heavy atom. The summed E-state index contributed by atoms with van der Waals surface area (Å²) in [6.07, 6.45) is 4.33. The quantitative estimate of drug-likeness (QED) is 0.238. The lowest BCUT2D eigenvalue weighted by Gasteiger charge is -2.32. The molecule has 2 N–H and O–H groups in total. The summed E-state index contributed by atoms with van der Waals surface area (Å²) in [7, 11) is 0. The zero-order valence-electron chi connectivity index (χ0n) is 21.0. The number of aromatic nitrogens is 6. The minimum Gasteiger partial charge on any atom is -0.322 e. The Morgan fingerprint density at radius 1 is 0.950 bits per heavy atom. The van der Waals surface area contributed by atoms with E-state index in [9.17, 15) is 13.6 Å². The lowest BCUT2D eigenvalue weighted by atomic mass is 9.83. The number of anilines is 1. The first kappa shape index (κ1) is 26.0. The van der Waals surface area contributed by atoms with Crippen molar-refractivity contribution in [2.24, 2.45) is 5.92 Å². The predicted molar refractivity (Wildman–Crippen MR) is 144 cm³/mol. The zero-order chi connectivity index (χ0) is 27.8. The second-order valence-electron chi connectivity index (χ2n) is 9.83. The van der Waals surface area contributed by atoms with Gasteiger partial charge in [0.1, 0.15) is 17.7 Å². The monoisotopic (exact) mass is 565 g/mol. The SMILES string of the molecule is O=C(Nc1ccc(-c2nn[nH]n2)cc1F)[C@H](C1CCCCC1)n1c(-c2ccc(Cl)cc2)nc2cc(F)c(F)cc21. The van der Waals surface area contributed by atoms with Crippen LogP contribution in [0.1, 0.15) is 38.1 Å². The van der Waals surface area contributed by atoms with E-state index in [1.807, 2.05) is 0 Å². The normalized spacial score (nSPS) is 14.9. The largest absolute Gasteiger partial charge is 0.322 e. The van der Waals surface area contributed by atoms with E-state index in [1.165, 1.54) is 12.1 Å². The molecule has 1 aliphatic carbocycles. The molecule has 3 aromatic carbocycles. The van der Waals surface area contributed by atoms with Gasteiger partial charge in [-0.3, -0.25) is 4.79 Å². The number of nitrogens with zero attached hydrogens (tertiary/aromatic N) is 5. The topological polar surface area (TPSA) is 101 Å². The number of benzene rings is 3. The summed E-state index contributed by atoms with van der Waals surface area (Å²) in [4.78, 5) is 18.7. The number of rotatable bonds is 6. The number of tetrazole rings is 1. The lowest BCUT2D eigenvalue weighted by Crippen LogP contribution is -2.34. The number of aromatic amines is 1. The second kappa shape index (κ2) is 10.7. The van der Waals surface area contributed by atoms with E-state index in [4.69, 9.17) is 11.6 Å². The van der Waals surface area contributed by atoms with Gasteiger partial charge in [0.2, 0.25) is 11.7 Å². The minimum absolute atomic E-state index is 0.0345. The van der Waals surface area contributed by atoms with E-state index in [0.29, 0.717) is 22.0 Å². The van der Waals surface area contributed by atoms with Crippen molar-refractivity contribution in [2.75, 3.05) is 5.32 Å². The van der Waals surface area contributed by atoms with Crippen LogP contribution < -0.4 is 5.32 Å². The van der Waals surface area contributed by atoms with Crippen molar-refractivity contribution < 1.29 is 18.0 Å². The molecule has 0 aliphatic heterocycles. The molecule has 1 amide bonds. The van der Waals surface area contributed by atoms with Crippen molar-refractivity contribution in [1.82, 2.24) is 30.2 Å². The molecule has 204 valence electrons. The molecule has 8 nitrogen and oxygen atoms in total. The highest BCUT2D eigenvalue weighted by Gasteiger charge is 2.35. The molecular weight excluding hydrogens is 543 g/mol. The highest BCUT2D eigenvalue weighted by atomic mass is 35.5. The standard InChI is InChI=1S/C28H23ClF3N7O/c29-18-9-6-16(7-10-18)27-33-23-13-19(30)20(31)14-24(23)39(27)25(15-4-2-1-3-5-15)28(40)34-22-11-8-17(12-21(22)32)26-35-37-38-36-26/h6-15,25H,1-5H2,(H,34,40)(H,35,36,37,38)/t25-/m0/s1. The van der Waals surface area contributed by atoms with E-state index in [-0.39, 0.29) is 28.5 Å². The third kappa shape index (κ3) is 4.92. The fourth-order valence-corrected chi connectivity index (χ4v) is 5.54. The van der Waals surface area contributed by atoms with Crippen molar-refractivity contribution in [1.29, 1.82) is 0 Å². The molecule has 1 fully saturated rings. The first-order valence-electron chi connectivity index (χ1n) is 12.9. The smallest absolute Gasteiger partial charge is 0.247 e. The van der Waals surface area contributed by atoms with Crippen molar-refractivity contribution in [2.45, 2.75) is 38.1 Å². The predicted octanol–water partition coefficient (Wildman–Crippen LogP) is 6.71. The first-order chi connectivity index (χ1) is 19.4. The Labute approximate surface area is 231 Å². The summed E-state index contributed by atoms with van der Waals surface area (Å²) in [6, 6.07) is 12.2. The van der Waals surface area contributed by atoms with E-state index < -0.39 is 29.4 Å². The Morgan fingerprint density at radius 2 is 1.68 bits per heavy atom. The third-order valence-corrected chi connectivity index (χ3v) is 7.56. The van der Waals surface area contributed by atoms with E-state index in [2.05, 4.69) is 30.9 Å². The van der Waals surface area contributed by atoms with Gasteiger partial charge in [0, 0.05) is 28.3 Å². The van der Waals surface area contributed by atoms with E-state index in [0.717, 1.165) is 44.2 Å². The highest BCUT2D eigenvalue weighted by molar-refractivity contribution is 6.30. The molecule has 40 heavy (non-hydrogen) atoms. The number of nitrogens with one attached hydrogen (secondary N) is 2. The van der Waals surface area contributed by atoms with Gasteiger partial charge in [-0.2, -0.15) is 5.21 Å². The molecule has 2 aromatic heterocycles. The summed E-state index contributed by atoms with van der Waals surface area (Å²) in [5, 5.41) is 16.7. The summed E-state index contributed by atoms with van der Waals surface area (Å²) >= 11 is 6.10. The van der Waals surface area contributed by atoms with Crippen LogP contribution in [-0.4, -0.2) is 36.1 Å². The average molecular weight is 566 g/mol. The summed E-state index contributed by atoms with van der Waals surface area (Å²) < 4.78 is 45.6. The molecular formula is C28H23ClF3N7O. The maximum Gasteiger partial charge on any atom is 0.247 e. The second-order valence-corrected chi connectivity index (χ2v) is 10.3. The van der Waals surface area contributed by atoms with Crippen molar-refractivity contribution in [3.05, 3.63) is 77.1 Å². The number of halogens is 4. The number of hydrogen-bond acceptors (Lipinski definition) is 5. The third-order valence-electron chi connectivity index (χ3n) is 7.31. The van der Waals surface area contributed by atoms with Gasteiger partial charge >= 0.3 is 0 Å². The molecule has 1 aliphatic rings. The van der Waals surface area contributed by atoms with Crippen molar-refractivity contribution >= 4 is 34.2 Å². The molecule has 1 atom stereocenters. The average Bonchev–Trinajstić information content (AvgIpc) is 3.61. The fraction of sp³-hybridized carbons (Fsp3) is 0.250. The molecule has 5 aromatic rings. The van der Waals surface area contributed by atoms with Gasteiger partial charge in [-0.15, -0.1) is 10.2 Å². The van der Waals surface area contributed by atoms with Crippen LogP contribution in [0, 0.1) is 23.4 Å². The van der Waals surface area contributed by atoms with Gasteiger partial charge in [0.05, 0.1) is 16.7 Å². The minimum atomic E-state index is -1.05. The number of H-pyrrole nitrogens is 1. The van der Waals surface area contributed by atoms with Crippen LogP contribution in [0.5, 0.6) is 0 Å². The number of imidazole rings is 1. The maximum atomic E-state index is 15.2. The molecule has 0 bridgehead atoms. The number of fused-ring (bicyclic) bond motifs is 1. The Bertz CT molecular complexity index is 1680. The van der Waals surface area contributed by atoms with Gasteiger partial charge in [0.15, 0.2) is 11.6 Å². The summed E-state index contributed by atoms with van der Waals surface area (Å²) in [5.74, 6) is -2.84.